The number of rotatable bonds is 4. The highest BCUT2D eigenvalue weighted by molar-refractivity contribution is 5.85. The van der Waals surface area contributed by atoms with Gasteiger partial charge in [0.15, 0.2) is 0 Å². The summed E-state index contributed by atoms with van der Waals surface area (Å²) in [4.78, 5) is 26.2. The van der Waals surface area contributed by atoms with Gasteiger partial charge in [0.05, 0.1) is 0 Å². The molecular formula is C16H30ClN3O2. The van der Waals surface area contributed by atoms with E-state index in [-0.39, 0.29) is 30.1 Å². The van der Waals surface area contributed by atoms with E-state index in [0.717, 1.165) is 45.3 Å². The lowest BCUT2D eigenvalue weighted by atomic mass is 9.92. The Labute approximate surface area is 140 Å². The van der Waals surface area contributed by atoms with Gasteiger partial charge in [-0.15, -0.1) is 12.4 Å². The number of halogens is 1. The van der Waals surface area contributed by atoms with Crippen molar-refractivity contribution in [1.82, 2.24) is 15.5 Å². The van der Waals surface area contributed by atoms with Gasteiger partial charge >= 0.3 is 0 Å². The third-order valence-corrected chi connectivity index (χ3v) is 4.59. The first-order valence-corrected chi connectivity index (χ1v) is 8.45. The minimum absolute atomic E-state index is 0. The molecule has 0 saturated carbocycles. The molecule has 0 aromatic rings. The minimum atomic E-state index is 0. The fraction of sp³-hybridized carbons (Fsp3) is 0.875. The zero-order valence-corrected chi connectivity index (χ0v) is 14.4. The Bertz CT molecular complexity index is 343. The van der Waals surface area contributed by atoms with E-state index < -0.39 is 0 Å². The third kappa shape index (κ3) is 6.13. The van der Waals surface area contributed by atoms with Crippen LogP contribution in [0.2, 0.25) is 0 Å². The molecule has 22 heavy (non-hydrogen) atoms. The fourth-order valence-corrected chi connectivity index (χ4v) is 3.29. The summed E-state index contributed by atoms with van der Waals surface area (Å²) in [6.07, 6.45) is 6.92. The Hall–Kier alpha value is -0.810. The standard InChI is InChI=1S/C16H29N3O2.ClH/c1-13-12-14(6-8-17-13)16(21)18-9-7-15(20)19-10-4-2-3-5-11-19;/h13-14,17H,2-12H2,1H3,(H,18,21);1H/t13-,14-;/m0./s1. The van der Waals surface area contributed by atoms with Crippen molar-refractivity contribution in [2.24, 2.45) is 5.92 Å². The Morgan fingerprint density at radius 2 is 1.86 bits per heavy atom. The van der Waals surface area contributed by atoms with Crippen molar-refractivity contribution in [2.45, 2.75) is 57.9 Å². The predicted octanol–water partition coefficient (Wildman–Crippen LogP) is 1.71. The second-order valence-corrected chi connectivity index (χ2v) is 6.41. The lowest BCUT2D eigenvalue weighted by Crippen LogP contribution is -2.43. The highest BCUT2D eigenvalue weighted by atomic mass is 35.5. The van der Waals surface area contributed by atoms with Crippen LogP contribution in [0.4, 0.5) is 0 Å². The van der Waals surface area contributed by atoms with Gasteiger partial charge in [-0.2, -0.15) is 0 Å². The zero-order valence-electron chi connectivity index (χ0n) is 13.6. The van der Waals surface area contributed by atoms with Crippen LogP contribution in [0.15, 0.2) is 0 Å². The van der Waals surface area contributed by atoms with Crippen LogP contribution in [0.25, 0.3) is 0 Å². The molecule has 2 N–H and O–H groups in total. The summed E-state index contributed by atoms with van der Waals surface area (Å²) in [7, 11) is 0. The number of hydrogen-bond acceptors (Lipinski definition) is 3. The number of carbonyl (C=O) groups excluding carboxylic acids is 2. The van der Waals surface area contributed by atoms with Crippen LogP contribution < -0.4 is 10.6 Å². The molecule has 2 atom stereocenters. The van der Waals surface area contributed by atoms with Crippen molar-refractivity contribution >= 4 is 24.2 Å². The Morgan fingerprint density at radius 3 is 2.50 bits per heavy atom. The van der Waals surface area contributed by atoms with Gasteiger partial charge in [0.25, 0.3) is 0 Å². The molecule has 0 aromatic heterocycles. The van der Waals surface area contributed by atoms with Crippen molar-refractivity contribution < 1.29 is 9.59 Å². The molecule has 6 heteroatoms. The highest BCUT2D eigenvalue weighted by Gasteiger charge is 2.24. The molecule has 0 aliphatic carbocycles. The van der Waals surface area contributed by atoms with Crippen LogP contribution >= 0.6 is 12.4 Å². The van der Waals surface area contributed by atoms with E-state index in [1.807, 2.05) is 4.90 Å². The van der Waals surface area contributed by atoms with Gasteiger partial charge in [0.2, 0.25) is 11.8 Å². The number of likely N-dealkylation sites (tertiary alicyclic amines) is 1. The van der Waals surface area contributed by atoms with E-state index in [1.54, 1.807) is 0 Å². The fourth-order valence-electron chi connectivity index (χ4n) is 3.29. The Kier molecular flexibility index (Phi) is 8.79. The summed E-state index contributed by atoms with van der Waals surface area (Å²) in [5.74, 6) is 0.414. The second kappa shape index (κ2) is 10.1. The van der Waals surface area contributed by atoms with Crippen molar-refractivity contribution in [1.29, 1.82) is 0 Å². The topological polar surface area (TPSA) is 61.4 Å². The molecule has 2 rings (SSSR count). The molecule has 2 aliphatic heterocycles. The number of amides is 2. The average Bonchev–Trinajstić information content (AvgIpc) is 2.76. The number of carbonyl (C=O) groups is 2. The van der Waals surface area contributed by atoms with E-state index in [9.17, 15) is 9.59 Å². The van der Waals surface area contributed by atoms with E-state index >= 15 is 0 Å². The van der Waals surface area contributed by atoms with Crippen LogP contribution in [0.1, 0.15) is 51.9 Å². The van der Waals surface area contributed by atoms with Gasteiger partial charge in [-0.25, -0.2) is 0 Å². The monoisotopic (exact) mass is 331 g/mol. The molecule has 2 aliphatic rings. The maximum Gasteiger partial charge on any atom is 0.224 e. The molecule has 0 bridgehead atoms. The molecule has 128 valence electrons. The minimum Gasteiger partial charge on any atom is -0.355 e. The first-order valence-electron chi connectivity index (χ1n) is 8.45. The van der Waals surface area contributed by atoms with Crippen LogP contribution in [0, 0.1) is 5.92 Å². The lowest BCUT2D eigenvalue weighted by Gasteiger charge is -2.27. The molecule has 0 aromatic carbocycles. The normalized spacial score (nSPS) is 25.8. The van der Waals surface area contributed by atoms with Gasteiger partial charge in [-0.05, 0) is 39.2 Å². The molecular weight excluding hydrogens is 302 g/mol. The number of nitrogens with one attached hydrogen (secondary N) is 2. The van der Waals surface area contributed by atoms with Crippen LogP contribution in [0.3, 0.4) is 0 Å². The zero-order chi connectivity index (χ0) is 15.1. The molecule has 2 saturated heterocycles. The highest BCUT2D eigenvalue weighted by Crippen LogP contribution is 2.16. The molecule has 2 amide bonds. The smallest absolute Gasteiger partial charge is 0.224 e. The van der Waals surface area contributed by atoms with Crippen LogP contribution in [-0.4, -0.2) is 48.9 Å². The maximum atomic E-state index is 12.1. The van der Waals surface area contributed by atoms with Gasteiger partial charge in [0, 0.05) is 38.0 Å². The largest absolute Gasteiger partial charge is 0.355 e. The number of piperidine rings is 1. The quantitative estimate of drug-likeness (QED) is 0.824. The lowest BCUT2D eigenvalue weighted by molar-refractivity contribution is -0.131. The number of hydrogen-bond donors (Lipinski definition) is 2. The Balaban J connectivity index is 0.00000242. The average molecular weight is 332 g/mol. The molecule has 0 radical (unpaired) electrons. The second-order valence-electron chi connectivity index (χ2n) is 6.41. The summed E-state index contributed by atoms with van der Waals surface area (Å²) < 4.78 is 0. The van der Waals surface area contributed by atoms with Crippen molar-refractivity contribution in [3.63, 3.8) is 0 Å². The SMILES string of the molecule is C[C@H]1C[C@@H](C(=O)NCCC(=O)N2CCCCCC2)CCN1.Cl. The van der Waals surface area contributed by atoms with E-state index in [1.165, 1.54) is 12.8 Å². The third-order valence-electron chi connectivity index (χ3n) is 4.59. The van der Waals surface area contributed by atoms with Gasteiger partial charge in [0.1, 0.15) is 0 Å². The van der Waals surface area contributed by atoms with E-state index in [4.69, 9.17) is 0 Å². The Morgan fingerprint density at radius 1 is 1.18 bits per heavy atom. The molecule has 0 unspecified atom stereocenters. The van der Waals surface area contributed by atoms with E-state index in [2.05, 4.69) is 17.6 Å². The molecule has 2 heterocycles. The van der Waals surface area contributed by atoms with E-state index in [0.29, 0.717) is 19.0 Å². The van der Waals surface area contributed by atoms with Gasteiger partial charge in [-0.3, -0.25) is 9.59 Å². The summed E-state index contributed by atoms with van der Waals surface area (Å²) in [5.41, 5.74) is 0. The summed E-state index contributed by atoms with van der Waals surface area (Å²) in [6.45, 7) is 5.28. The maximum absolute atomic E-state index is 12.1. The molecule has 0 spiro atoms. The van der Waals surface area contributed by atoms with Crippen molar-refractivity contribution in [2.75, 3.05) is 26.2 Å². The van der Waals surface area contributed by atoms with Crippen LogP contribution in [0.5, 0.6) is 0 Å². The summed E-state index contributed by atoms with van der Waals surface area (Å²) in [5, 5.41) is 6.29. The van der Waals surface area contributed by atoms with Crippen molar-refractivity contribution in [3.8, 4) is 0 Å². The van der Waals surface area contributed by atoms with Gasteiger partial charge in [-0.1, -0.05) is 12.8 Å². The summed E-state index contributed by atoms with van der Waals surface area (Å²) in [6, 6.07) is 0.410. The van der Waals surface area contributed by atoms with Crippen LogP contribution in [-0.2, 0) is 9.59 Å². The van der Waals surface area contributed by atoms with Crippen molar-refractivity contribution in [3.05, 3.63) is 0 Å². The van der Waals surface area contributed by atoms with Gasteiger partial charge < -0.3 is 15.5 Å². The molecule has 5 nitrogen and oxygen atoms in total. The first kappa shape index (κ1) is 19.2. The predicted molar refractivity (Wildman–Crippen MR) is 90.1 cm³/mol. The molecule has 2 fully saturated rings. The first-order chi connectivity index (χ1) is 10.2. The number of nitrogens with zero attached hydrogens (tertiary/aromatic N) is 1. The summed E-state index contributed by atoms with van der Waals surface area (Å²) >= 11 is 0.